The molecule has 5 rings (SSSR count). The van der Waals surface area contributed by atoms with Crippen molar-refractivity contribution in [1.29, 1.82) is 0 Å². The Kier molecular flexibility index (Phi) is 2.71. The number of anilines is 1. The van der Waals surface area contributed by atoms with Gasteiger partial charge in [0.1, 0.15) is 5.66 Å². The lowest BCUT2D eigenvalue weighted by molar-refractivity contribution is 0.0765. The number of nitrogens with zero attached hydrogens (tertiary/aromatic N) is 1. The zero-order chi connectivity index (χ0) is 16.4. The molecule has 24 heavy (non-hydrogen) atoms. The topological polar surface area (TPSA) is 32.3 Å². The second-order valence-electron chi connectivity index (χ2n) is 7.61. The van der Waals surface area contributed by atoms with Crippen molar-refractivity contribution in [2.24, 2.45) is 0 Å². The van der Waals surface area contributed by atoms with Crippen molar-refractivity contribution in [1.82, 2.24) is 5.32 Å². The highest BCUT2D eigenvalue weighted by Crippen LogP contribution is 2.58. The molecule has 2 atom stereocenters. The predicted octanol–water partition coefficient (Wildman–Crippen LogP) is 3.98. The van der Waals surface area contributed by atoms with Gasteiger partial charge < -0.3 is 10.2 Å². The van der Waals surface area contributed by atoms with Crippen LogP contribution in [0.25, 0.3) is 0 Å². The number of hydrogen-bond donors (Lipinski definition) is 1. The Labute approximate surface area is 142 Å². The van der Waals surface area contributed by atoms with Crippen molar-refractivity contribution in [3.05, 3.63) is 65.2 Å². The van der Waals surface area contributed by atoms with Gasteiger partial charge in [-0.2, -0.15) is 0 Å². The second kappa shape index (κ2) is 4.62. The van der Waals surface area contributed by atoms with Crippen molar-refractivity contribution in [3.8, 4) is 0 Å². The Balaban J connectivity index is 1.77. The molecule has 2 unspecified atom stereocenters. The van der Waals surface area contributed by atoms with Gasteiger partial charge in [0.05, 0.1) is 0 Å². The molecular formula is C21H22N2O. The number of para-hydroxylation sites is 1. The summed E-state index contributed by atoms with van der Waals surface area (Å²) in [5, 5.41) is 3.49. The summed E-state index contributed by atoms with van der Waals surface area (Å²) in [5.41, 5.74) is 4.30. The third-order valence-corrected chi connectivity index (χ3v) is 6.54. The van der Waals surface area contributed by atoms with Crippen LogP contribution in [0, 0.1) is 0 Å². The van der Waals surface area contributed by atoms with Crippen molar-refractivity contribution >= 4 is 11.6 Å². The Morgan fingerprint density at radius 1 is 1.00 bits per heavy atom. The summed E-state index contributed by atoms with van der Waals surface area (Å²) in [6.07, 6.45) is 4.52. The molecule has 2 heterocycles. The third-order valence-electron chi connectivity index (χ3n) is 6.54. The zero-order valence-electron chi connectivity index (χ0n) is 14.0. The number of nitrogens with one attached hydrogen (secondary N) is 1. The summed E-state index contributed by atoms with van der Waals surface area (Å²) in [6.45, 7) is 3.14. The first-order valence-corrected chi connectivity index (χ1v) is 8.93. The lowest BCUT2D eigenvalue weighted by Gasteiger charge is -2.51. The quantitative estimate of drug-likeness (QED) is 0.797. The van der Waals surface area contributed by atoms with Crippen LogP contribution in [0.2, 0.25) is 0 Å². The van der Waals surface area contributed by atoms with E-state index in [9.17, 15) is 4.79 Å². The van der Waals surface area contributed by atoms with Crippen molar-refractivity contribution in [2.75, 3.05) is 4.90 Å². The number of fused-ring (bicyclic) bond motifs is 4. The first-order chi connectivity index (χ1) is 11.7. The van der Waals surface area contributed by atoms with Crippen LogP contribution in [-0.2, 0) is 12.0 Å². The maximum absolute atomic E-state index is 13.1. The zero-order valence-corrected chi connectivity index (χ0v) is 14.0. The molecule has 122 valence electrons. The molecule has 1 aliphatic carbocycles. The van der Waals surface area contributed by atoms with Crippen LogP contribution >= 0.6 is 0 Å². The van der Waals surface area contributed by atoms with Gasteiger partial charge in [-0.1, -0.05) is 49.7 Å². The Bertz CT molecular complexity index is 845. The average molecular weight is 318 g/mol. The maximum atomic E-state index is 13.1. The lowest BCUT2D eigenvalue weighted by Crippen LogP contribution is -2.67. The molecule has 1 spiro atoms. The van der Waals surface area contributed by atoms with Crippen LogP contribution in [0.4, 0.5) is 5.69 Å². The molecule has 0 radical (unpaired) electrons. The van der Waals surface area contributed by atoms with Crippen LogP contribution in [0.3, 0.4) is 0 Å². The highest BCUT2D eigenvalue weighted by molar-refractivity contribution is 5.98. The van der Waals surface area contributed by atoms with Gasteiger partial charge >= 0.3 is 0 Å². The highest BCUT2D eigenvalue weighted by Gasteiger charge is 2.61. The van der Waals surface area contributed by atoms with Gasteiger partial charge in [0.15, 0.2) is 0 Å². The number of amides is 1. The summed E-state index contributed by atoms with van der Waals surface area (Å²) in [5.74, 6) is 0.0778. The lowest BCUT2D eigenvalue weighted by atomic mass is 9.65. The van der Waals surface area contributed by atoms with Crippen LogP contribution < -0.4 is 10.2 Å². The summed E-state index contributed by atoms with van der Waals surface area (Å²) >= 11 is 0. The fourth-order valence-electron chi connectivity index (χ4n) is 5.31. The maximum Gasteiger partial charge on any atom is 0.253 e. The van der Waals surface area contributed by atoms with E-state index in [1.807, 2.05) is 18.2 Å². The molecule has 3 heteroatoms. The number of carbonyl (C=O) groups excluding carboxylic acids is 1. The van der Waals surface area contributed by atoms with E-state index in [1.165, 1.54) is 17.7 Å². The van der Waals surface area contributed by atoms with Crippen LogP contribution in [0.1, 0.15) is 54.1 Å². The minimum Gasteiger partial charge on any atom is -0.343 e. The van der Waals surface area contributed by atoms with Crippen molar-refractivity contribution in [3.63, 3.8) is 0 Å². The summed E-state index contributed by atoms with van der Waals surface area (Å²) in [7, 11) is 0. The smallest absolute Gasteiger partial charge is 0.253 e. The first kappa shape index (κ1) is 14.1. The molecular weight excluding hydrogens is 296 g/mol. The van der Waals surface area contributed by atoms with Gasteiger partial charge in [-0.25, -0.2) is 0 Å². The second-order valence-corrected chi connectivity index (χ2v) is 7.61. The fourth-order valence-corrected chi connectivity index (χ4v) is 5.31. The van der Waals surface area contributed by atoms with E-state index in [0.29, 0.717) is 0 Å². The molecule has 1 N–H and O–H groups in total. The molecule has 2 aromatic rings. The molecule has 1 fully saturated rings. The molecule has 2 aromatic carbocycles. The minimum atomic E-state index is -0.301. The normalized spacial score (nSPS) is 30.5. The molecule has 2 aliphatic heterocycles. The van der Waals surface area contributed by atoms with Gasteiger partial charge in [-0.3, -0.25) is 4.79 Å². The number of hydrogen-bond acceptors (Lipinski definition) is 2. The molecule has 3 nitrogen and oxygen atoms in total. The number of benzene rings is 2. The van der Waals surface area contributed by atoms with Gasteiger partial charge in [-0.15, -0.1) is 0 Å². The molecule has 0 aromatic heterocycles. The monoisotopic (exact) mass is 318 g/mol. The molecule has 0 saturated heterocycles. The van der Waals surface area contributed by atoms with E-state index in [0.717, 1.165) is 36.9 Å². The Morgan fingerprint density at radius 3 is 2.67 bits per heavy atom. The van der Waals surface area contributed by atoms with Crippen molar-refractivity contribution in [2.45, 2.75) is 50.2 Å². The van der Waals surface area contributed by atoms with Crippen LogP contribution in [0.5, 0.6) is 0 Å². The van der Waals surface area contributed by atoms with Crippen LogP contribution in [0.15, 0.2) is 48.5 Å². The van der Waals surface area contributed by atoms with Crippen molar-refractivity contribution < 1.29 is 4.79 Å². The molecule has 0 bridgehead atoms. The van der Waals surface area contributed by atoms with Gasteiger partial charge in [0, 0.05) is 23.2 Å². The standard InChI is InChI=1S/C21H22N2O/c1-20-12-6-7-13-21(20)22-19(24)16-9-3-2-8-15(16)14-23(21)18-11-5-4-10-17(18)20/h2-5,8-11H,6-7,12-14H2,1H3,(H,22,24). The minimum absolute atomic E-state index is 0.0282. The molecule has 1 amide bonds. The van der Waals surface area contributed by atoms with E-state index >= 15 is 0 Å². The average Bonchev–Trinajstić information content (AvgIpc) is 2.73. The van der Waals surface area contributed by atoms with E-state index in [2.05, 4.69) is 47.5 Å². The third kappa shape index (κ3) is 1.55. The SMILES string of the molecule is CC12CCCCC13NC(=O)c1ccccc1CN3c1ccccc12. The Hall–Kier alpha value is -2.29. The van der Waals surface area contributed by atoms with E-state index in [-0.39, 0.29) is 17.0 Å². The molecule has 1 saturated carbocycles. The predicted molar refractivity (Wildman–Crippen MR) is 95.1 cm³/mol. The fraction of sp³-hybridized carbons (Fsp3) is 0.381. The van der Waals surface area contributed by atoms with E-state index in [4.69, 9.17) is 0 Å². The van der Waals surface area contributed by atoms with Gasteiger partial charge in [-0.05, 0) is 42.5 Å². The van der Waals surface area contributed by atoms with Gasteiger partial charge in [0.25, 0.3) is 5.91 Å². The van der Waals surface area contributed by atoms with Crippen LogP contribution in [-0.4, -0.2) is 11.6 Å². The van der Waals surface area contributed by atoms with E-state index < -0.39 is 0 Å². The Morgan fingerprint density at radius 2 is 1.75 bits per heavy atom. The number of carbonyl (C=O) groups is 1. The largest absolute Gasteiger partial charge is 0.343 e. The van der Waals surface area contributed by atoms with E-state index in [1.54, 1.807) is 0 Å². The van der Waals surface area contributed by atoms with Gasteiger partial charge in [0.2, 0.25) is 0 Å². The highest BCUT2D eigenvalue weighted by atomic mass is 16.2. The first-order valence-electron chi connectivity index (χ1n) is 8.93. The molecule has 3 aliphatic rings. The summed E-state index contributed by atoms with van der Waals surface area (Å²) in [6, 6.07) is 16.8. The number of rotatable bonds is 0. The summed E-state index contributed by atoms with van der Waals surface area (Å²) < 4.78 is 0. The summed E-state index contributed by atoms with van der Waals surface area (Å²) in [4.78, 5) is 15.5.